The third-order valence-corrected chi connectivity index (χ3v) is 4.28. The van der Waals surface area contributed by atoms with Crippen LogP contribution in [-0.4, -0.2) is 26.0 Å². The normalized spacial score (nSPS) is 12.6. The lowest BCUT2D eigenvalue weighted by molar-refractivity contribution is -0.141. The quantitative estimate of drug-likeness (QED) is 0.784. The zero-order valence-electron chi connectivity index (χ0n) is 11.0. The van der Waals surface area contributed by atoms with Gasteiger partial charge in [-0.3, -0.25) is 4.79 Å². The van der Waals surface area contributed by atoms with Crippen molar-refractivity contribution in [3.63, 3.8) is 0 Å². The Hall–Kier alpha value is -1.91. The molecule has 6 nitrogen and oxygen atoms in total. The molecule has 0 aromatic heterocycles. The number of rotatable bonds is 7. The Labute approximate surface area is 118 Å². The number of carboxylic acid groups (broad SMARTS) is 1. The highest BCUT2D eigenvalue weighted by Gasteiger charge is 2.15. The molecule has 1 unspecified atom stereocenters. The van der Waals surface area contributed by atoms with Gasteiger partial charge in [0.25, 0.3) is 0 Å². The smallest absolute Gasteiger partial charge is 0.306 e. The number of nitrogens with one attached hydrogen (secondary N) is 1. The van der Waals surface area contributed by atoms with E-state index in [1.807, 2.05) is 6.07 Å². The van der Waals surface area contributed by atoms with Gasteiger partial charge >= 0.3 is 5.97 Å². The second-order valence-electron chi connectivity index (χ2n) is 4.40. The number of sulfonamides is 1. The van der Waals surface area contributed by atoms with E-state index < -0.39 is 21.9 Å². The van der Waals surface area contributed by atoms with Gasteiger partial charge in [-0.25, -0.2) is 13.1 Å². The molecule has 0 spiro atoms. The lowest BCUT2D eigenvalue weighted by Gasteiger charge is -2.09. The van der Waals surface area contributed by atoms with Gasteiger partial charge in [-0.15, -0.1) is 0 Å². The number of hydrogen-bond acceptors (Lipinski definition) is 4. The zero-order chi connectivity index (χ0) is 15.2. The van der Waals surface area contributed by atoms with E-state index in [9.17, 15) is 13.2 Å². The van der Waals surface area contributed by atoms with Crippen LogP contribution in [0.1, 0.15) is 18.9 Å². The van der Waals surface area contributed by atoms with Gasteiger partial charge in [0, 0.05) is 6.54 Å². The van der Waals surface area contributed by atoms with Crippen LogP contribution < -0.4 is 4.72 Å². The Morgan fingerprint density at radius 1 is 1.40 bits per heavy atom. The average molecular weight is 296 g/mol. The molecule has 20 heavy (non-hydrogen) atoms. The Kier molecular flexibility index (Phi) is 5.67. The summed E-state index contributed by atoms with van der Waals surface area (Å²) in [5.74, 6) is -1.55. The number of benzene rings is 1. The van der Waals surface area contributed by atoms with Gasteiger partial charge in [-0.2, -0.15) is 5.26 Å². The first kappa shape index (κ1) is 16.1. The number of nitriles is 1. The molecule has 0 aliphatic carbocycles. The van der Waals surface area contributed by atoms with Crippen LogP contribution in [0.15, 0.2) is 29.2 Å². The molecule has 2 N–H and O–H groups in total. The van der Waals surface area contributed by atoms with Crippen LogP contribution >= 0.6 is 0 Å². The molecule has 0 aliphatic heterocycles. The van der Waals surface area contributed by atoms with E-state index in [4.69, 9.17) is 10.4 Å². The van der Waals surface area contributed by atoms with E-state index in [2.05, 4.69) is 4.72 Å². The Balaban J connectivity index is 2.65. The summed E-state index contributed by atoms with van der Waals surface area (Å²) in [7, 11) is -3.64. The average Bonchev–Trinajstić information content (AvgIpc) is 2.39. The summed E-state index contributed by atoms with van der Waals surface area (Å²) in [6, 6.07) is 7.99. The molecule has 0 radical (unpaired) electrons. The van der Waals surface area contributed by atoms with E-state index in [0.29, 0.717) is 0 Å². The predicted molar refractivity (Wildman–Crippen MR) is 72.4 cm³/mol. The van der Waals surface area contributed by atoms with Crippen molar-refractivity contribution >= 4 is 16.0 Å². The third kappa shape index (κ3) is 4.64. The van der Waals surface area contributed by atoms with Crippen molar-refractivity contribution in [2.45, 2.75) is 24.7 Å². The largest absolute Gasteiger partial charge is 0.481 e. The van der Waals surface area contributed by atoms with Gasteiger partial charge in [0.15, 0.2) is 0 Å². The molecule has 1 aromatic carbocycles. The van der Waals surface area contributed by atoms with E-state index >= 15 is 0 Å². The van der Waals surface area contributed by atoms with Crippen molar-refractivity contribution in [1.82, 2.24) is 4.72 Å². The number of carbonyl (C=O) groups is 1. The monoisotopic (exact) mass is 296 g/mol. The highest BCUT2D eigenvalue weighted by atomic mass is 32.2. The standard InChI is InChI=1S/C13H16N2O4S/c1-10(13(16)17)7-9-15-20(18,19)12-4-2-11(3-5-12)6-8-14/h2-5,10,15H,6-7,9H2,1H3,(H,16,17). The number of carboxylic acids is 1. The molecule has 7 heteroatoms. The molecule has 108 valence electrons. The summed E-state index contributed by atoms with van der Waals surface area (Å²) >= 11 is 0. The van der Waals surface area contributed by atoms with Crippen molar-refractivity contribution in [2.75, 3.05) is 6.54 Å². The summed E-state index contributed by atoms with van der Waals surface area (Å²) in [6.07, 6.45) is 0.449. The summed E-state index contributed by atoms with van der Waals surface area (Å²) in [6.45, 7) is 1.59. The molecule has 1 aromatic rings. The van der Waals surface area contributed by atoms with Crippen molar-refractivity contribution in [1.29, 1.82) is 5.26 Å². The summed E-state index contributed by atoms with van der Waals surface area (Å²) in [5.41, 5.74) is 0.742. The molecular weight excluding hydrogens is 280 g/mol. The van der Waals surface area contributed by atoms with Crippen molar-refractivity contribution in [2.24, 2.45) is 5.92 Å². The first-order chi connectivity index (χ1) is 9.36. The molecule has 0 amide bonds. The van der Waals surface area contributed by atoms with E-state index in [1.165, 1.54) is 19.1 Å². The second-order valence-corrected chi connectivity index (χ2v) is 6.17. The molecule has 0 aliphatic rings. The molecule has 1 rings (SSSR count). The van der Waals surface area contributed by atoms with E-state index in [1.54, 1.807) is 12.1 Å². The molecule has 1 atom stereocenters. The molecular formula is C13H16N2O4S. The fraction of sp³-hybridized carbons (Fsp3) is 0.385. The van der Waals surface area contributed by atoms with E-state index in [0.717, 1.165) is 5.56 Å². The molecule has 0 saturated carbocycles. The van der Waals surface area contributed by atoms with Gasteiger partial charge in [-0.05, 0) is 24.1 Å². The van der Waals surface area contributed by atoms with Gasteiger partial charge in [-0.1, -0.05) is 19.1 Å². The SMILES string of the molecule is CC(CCNS(=O)(=O)c1ccc(CC#N)cc1)C(=O)O. The van der Waals surface area contributed by atoms with Gasteiger partial charge in [0.2, 0.25) is 10.0 Å². The molecule has 0 heterocycles. The molecule has 0 fully saturated rings. The van der Waals surface area contributed by atoms with Crippen LogP contribution in [0.2, 0.25) is 0 Å². The Bertz CT molecular complexity index is 602. The second kappa shape index (κ2) is 7.03. The minimum absolute atomic E-state index is 0.0652. The van der Waals surface area contributed by atoms with Crippen LogP contribution in [0.4, 0.5) is 0 Å². The van der Waals surface area contributed by atoms with Crippen LogP contribution in [0.25, 0.3) is 0 Å². The summed E-state index contributed by atoms with van der Waals surface area (Å²) in [4.78, 5) is 10.7. The maximum atomic E-state index is 11.9. The number of nitrogens with zero attached hydrogens (tertiary/aromatic N) is 1. The highest BCUT2D eigenvalue weighted by molar-refractivity contribution is 7.89. The van der Waals surface area contributed by atoms with Crippen LogP contribution in [0.3, 0.4) is 0 Å². The third-order valence-electron chi connectivity index (χ3n) is 2.81. The van der Waals surface area contributed by atoms with Crippen LogP contribution in [0, 0.1) is 17.2 Å². The topological polar surface area (TPSA) is 107 Å². The lowest BCUT2D eigenvalue weighted by atomic mass is 10.1. The van der Waals surface area contributed by atoms with Gasteiger partial charge < -0.3 is 5.11 Å². The van der Waals surface area contributed by atoms with Crippen molar-refractivity contribution < 1.29 is 18.3 Å². The Morgan fingerprint density at radius 2 is 2.00 bits per heavy atom. The van der Waals surface area contributed by atoms with E-state index in [-0.39, 0.29) is 24.3 Å². The molecule has 0 saturated heterocycles. The fourth-order valence-corrected chi connectivity index (χ4v) is 2.54. The Morgan fingerprint density at radius 3 is 2.50 bits per heavy atom. The summed E-state index contributed by atoms with van der Waals surface area (Å²) < 4.78 is 26.2. The van der Waals surface area contributed by atoms with Crippen molar-refractivity contribution in [3.05, 3.63) is 29.8 Å². The maximum absolute atomic E-state index is 11.9. The first-order valence-corrected chi connectivity index (χ1v) is 7.53. The maximum Gasteiger partial charge on any atom is 0.306 e. The fourth-order valence-electron chi connectivity index (χ4n) is 1.49. The van der Waals surface area contributed by atoms with Crippen LogP contribution in [0.5, 0.6) is 0 Å². The molecule has 0 bridgehead atoms. The highest BCUT2D eigenvalue weighted by Crippen LogP contribution is 2.11. The van der Waals surface area contributed by atoms with Gasteiger partial charge in [0.1, 0.15) is 0 Å². The number of hydrogen-bond donors (Lipinski definition) is 2. The van der Waals surface area contributed by atoms with Gasteiger partial charge in [0.05, 0.1) is 23.3 Å². The first-order valence-electron chi connectivity index (χ1n) is 6.05. The van der Waals surface area contributed by atoms with Crippen LogP contribution in [-0.2, 0) is 21.2 Å². The van der Waals surface area contributed by atoms with Crippen molar-refractivity contribution in [3.8, 4) is 6.07 Å². The minimum atomic E-state index is -3.64. The minimum Gasteiger partial charge on any atom is -0.481 e. The zero-order valence-corrected chi connectivity index (χ0v) is 11.9. The number of aliphatic carboxylic acids is 1. The predicted octanol–water partition coefficient (Wildman–Crippen LogP) is 1.14. The lowest BCUT2D eigenvalue weighted by Crippen LogP contribution is -2.27. The summed E-state index contributed by atoms with van der Waals surface area (Å²) in [5, 5.41) is 17.2.